The number of hydrogen-bond acceptors (Lipinski definition) is 2. The lowest BCUT2D eigenvalue weighted by molar-refractivity contribution is 0.590. The molecule has 2 aliphatic rings. The summed E-state index contributed by atoms with van der Waals surface area (Å²) in [7, 11) is -7.74. The molecule has 18 aromatic rings. The standard InChI is InChI=1S/C112H85BN2Si2/c1-112(2,3)92-51-35-48-85(70-92)89-66-68-103-108(76-89)115(106-65-34-32-63-102(106)84-46-21-8-22-47-84)110-78-91(77-109-111(110)113(103)104-75-88(82-42-17-6-18-43-82)67-69-107(104)114(109)105-64-33-31-62-101(105)83-44-19-7-20-45-83)90-73-99(116(93-52-23-9-24-53-93,94-54-25-10-26-55-94)97-60-36-49-86(71-97)80-38-13-4-14-39-80)79-100(74-90)117(95-56-27-11-28-57-95,96-58-29-12-30-59-96)98-61-37-50-87(72-98)81-40-15-5-16-41-81/h4-79H,1-3H3/i4D,6D,13D,14D,17D,18D,38D,39D,42D,43D. The molecule has 0 bridgehead atoms. The van der Waals surface area contributed by atoms with Crippen LogP contribution in [0.25, 0.3) is 77.9 Å². The zero-order chi connectivity index (χ0) is 87.1. The van der Waals surface area contributed by atoms with Crippen LogP contribution in [0.4, 0.5) is 34.1 Å². The fourth-order valence-electron chi connectivity index (χ4n) is 18.5. The van der Waals surface area contributed by atoms with E-state index in [0.717, 1.165) is 148 Å². The molecular weight excluding hydrogens is 1440 g/mol. The summed E-state index contributed by atoms with van der Waals surface area (Å²) in [5.74, 6) is 0. The van der Waals surface area contributed by atoms with Gasteiger partial charge in [-0.3, -0.25) is 0 Å². The highest BCUT2D eigenvalue weighted by atomic mass is 28.3. The molecule has 554 valence electrons. The van der Waals surface area contributed by atoms with Gasteiger partial charge in [-0.1, -0.05) is 445 Å². The van der Waals surface area contributed by atoms with E-state index in [1.807, 2.05) is 24.3 Å². The first-order valence-corrected chi connectivity index (χ1v) is 44.1. The first kappa shape index (κ1) is 61.6. The highest BCUT2D eigenvalue weighted by molar-refractivity contribution is 7.22. The Hall–Kier alpha value is -13.9. The van der Waals surface area contributed by atoms with Crippen molar-refractivity contribution >= 4 is 115 Å². The topological polar surface area (TPSA) is 6.48 Å². The number of rotatable bonds is 17. The van der Waals surface area contributed by atoms with Crippen LogP contribution in [0.3, 0.4) is 0 Å². The van der Waals surface area contributed by atoms with Gasteiger partial charge in [-0.25, -0.2) is 0 Å². The molecule has 0 aliphatic carbocycles. The molecule has 0 spiro atoms. The normalized spacial score (nSPS) is 13.5. The van der Waals surface area contributed by atoms with Crippen molar-refractivity contribution in [2.75, 3.05) is 9.80 Å². The first-order chi connectivity index (χ1) is 61.8. The van der Waals surface area contributed by atoms with Gasteiger partial charge in [0.05, 0.1) is 25.1 Å². The molecule has 0 fully saturated rings. The average molecular weight is 1540 g/mol. The Kier molecular flexibility index (Phi) is 16.0. The Balaban J connectivity index is 0.990. The molecule has 0 radical (unpaired) electrons. The van der Waals surface area contributed by atoms with Crippen molar-refractivity contribution in [2.24, 2.45) is 0 Å². The van der Waals surface area contributed by atoms with Gasteiger partial charge in [0.25, 0.3) is 6.71 Å². The quantitative estimate of drug-likeness (QED) is 0.0662. The molecule has 0 N–H and O–H groups in total. The van der Waals surface area contributed by atoms with Crippen LogP contribution < -0.4 is 67.7 Å². The lowest BCUT2D eigenvalue weighted by Crippen LogP contribution is -2.78. The van der Waals surface area contributed by atoms with Crippen LogP contribution in [0.5, 0.6) is 0 Å². The molecule has 2 aliphatic heterocycles. The van der Waals surface area contributed by atoms with Crippen molar-refractivity contribution in [2.45, 2.75) is 26.2 Å². The summed E-state index contributed by atoms with van der Waals surface area (Å²) in [6.07, 6.45) is 0. The predicted octanol–water partition coefficient (Wildman–Crippen LogP) is 21.5. The summed E-state index contributed by atoms with van der Waals surface area (Å²) in [6.45, 7) is 6.17. The van der Waals surface area contributed by atoms with Gasteiger partial charge in [0.1, 0.15) is 0 Å². The van der Waals surface area contributed by atoms with Crippen molar-refractivity contribution in [3.05, 3.63) is 466 Å². The molecule has 0 saturated carbocycles. The Labute approximate surface area is 704 Å². The minimum absolute atomic E-state index is 0.106. The Morgan fingerprint density at radius 3 is 1.03 bits per heavy atom. The van der Waals surface area contributed by atoms with Gasteiger partial charge in [0, 0.05) is 33.9 Å². The van der Waals surface area contributed by atoms with E-state index in [1.54, 1.807) is 0 Å². The van der Waals surface area contributed by atoms with Gasteiger partial charge in [-0.15, -0.1) is 0 Å². The van der Waals surface area contributed by atoms with Gasteiger partial charge < -0.3 is 9.80 Å². The minimum atomic E-state index is -3.96. The third-order valence-corrected chi connectivity index (χ3v) is 33.3. The van der Waals surface area contributed by atoms with Crippen LogP contribution >= 0.6 is 0 Å². The van der Waals surface area contributed by atoms with Crippen molar-refractivity contribution in [1.82, 2.24) is 0 Å². The fraction of sp³-hybridized carbons (Fsp3) is 0.0357. The summed E-state index contributed by atoms with van der Waals surface area (Å²) in [5.41, 5.74) is 20.3. The van der Waals surface area contributed by atoms with Crippen LogP contribution in [0.1, 0.15) is 40.0 Å². The van der Waals surface area contributed by atoms with Crippen molar-refractivity contribution < 1.29 is 13.7 Å². The molecule has 2 heterocycles. The van der Waals surface area contributed by atoms with E-state index >= 15 is 0 Å². The molecule has 117 heavy (non-hydrogen) atoms. The molecular formula is C112H85BN2Si2. The van der Waals surface area contributed by atoms with Crippen LogP contribution in [-0.2, 0) is 5.41 Å². The number of hydrogen-bond donors (Lipinski definition) is 0. The number of anilines is 6. The van der Waals surface area contributed by atoms with E-state index in [2.05, 4.69) is 407 Å². The Bertz CT molecular complexity index is 7190. The van der Waals surface area contributed by atoms with Crippen molar-refractivity contribution in [3.8, 4) is 77.9 Å². The highest BCUT2D eigenvalue weighted by Crippen LogP contribution is 2.51. The smallest absolute Gasteiger partial charge is 0.252 e. The van der Waals surface area contributed by atoms with Crippen LogP contribution in [0, 0.1) is 0 Å². The van der Waals surface area contributed by atoms with Gasteiger partial charge in [-0.05, 0) is 172 Å². The van der Waals surface area contributed by atoms with Crippen LogP contribution in [-0.4, -0.2) is 22.9 Å². The molecule has 5 heteroatoms. The molecule has 2 nitrogen and oxygen atoms in total. The monoisotopic (exact) mass is 1530 g/mol. The van der Waals surface area contributed by atoms with E-state index < -0.39 is 59.1 Å². The second-order valence-corrected chi connectivity index (χ2v) is 39.1. The molecule has 0 aromatic heterocycles. The van der Waals surface area contributed by atoms with E-state index in [-0.39, 0.29) is 40.7 Å². The Morgan fingerprint density at radius 1 is 0.222 bits per heavy atom. The van der Waals surface area contributed by atoms with Gasteiger partial charge in [0.15, 0.2) is 16.1 Å². The molecule has 0 saturated heterocycles. The van der Waals surface area contributed by atoms with Gasteiger partial charge in [-0.2, -0.15) is 0 Å². The summed E-state index contributed by atoms with van der Waals surface area (Å²) in [6, 6.07) is 141. The van der Waals surface area contributed by atoms with E-state index in [4.69, 9.17) is 5.48 Å². The van der Waals surface area contributed by atoms with Crippen LogP contribution in [0.2, 0.25) is 0 Å². The largest absolute Gasteiger partial charge is 0.311 e. The van der Waals surface area contributed by atoms with E-state index in [0.29, 0.717) is 11.1 Å². The number of fused-ring (bicyclic) bond motifs is 4. The maximum absolute atomic E-state index is 9.67. The van der Waals surface area contributed by atoms with Crippen molar-refractivity contribution in [3.63, 3.8) is 0 Å². The number of nitrogens with zero attached hydrogens (tertiary/aromatic N) is 2. The SMILES string of the molecule is [2H]c1c([2H])c([2H])c(-c2cccc([Si](c3ccccc3)(c3ccccc3)c3cc(-c4cc5c6c(c4)N(c4ccccc4-c4ccccc4)c4cc(-c7cccc(C(C)(C)C)c7)ccc4B6c4cc(-c6c([2H])c([2H])c([2H])c([2H])c6[2H])ccc4N5c4ccccc4-c4ccccc4)cc([Si](c4ccccc4)(c4ccccc4)c4cccc(-c5ccccc5)c4)c3)c2)c([2H])c1[2H]. The summed E-state index contributed by atoms with van der Waals surface area (Å²) >= 11 is 0. The third-order valence-electron chi connectivity index (χ3n) is 23.8. The zero-order valence-electron chi connectivity index (χ0n) is 75.1. The molecule has 0 amide bonds. The molecule has 18 aromatic carbocycles. The highest BCUT2D eigenvalue weighted by Gasteiger charge is 2.49. The maximum Gasteiger partial charge on any atom is 0.252 e. The van der Waals surface area contributed by atoms with E-state index in [1.165, 1.54) is 5.56 Å². The summed E-state index contributed by atoms with van der Waals surface area (Å²) in [5, 5.41) is 8.60. The molecule has 0 atom stereocenters. The lowest BCUT2D eigenvalue weighted by atomic mass is 9.33. The Morgan fingerprint density at radius 2 is 0.564 bits per heavy atom. The number of para-hydroxylation sites is 2. The molecule has 20 rings (SSSR count). The predicted molar refractivity (Wildman–Crippen MR) is 504 cm³/mol. The summed E-state index contributed by atoms with van der Waals surface area (Å²) in [4.78, 5) is 4.93. The average Bonchev–Trinajstić information content (AvgIpc) is 0.690. The zero-order valence-corrected chi connectivity index (χ0v) is 67.1. The minimum Gasteiger partial charge on any atom is -0.311 e. The van der Waals surface area contributed by atoms with Gasteiger partial charge >= 0.3 is 0 Å². The van der Waals surface area contributed by atoms with Gasteiger partial charge in [0.2, 0.25) is 0 Å². The molecule has 0 unspecified atom stereocenters. The number of benzene rings is 18. The van der Waals surface area contributed by atoms with Crippen molar-refractivity contribution in [1.29, 1.82) is 0 Å². The second kappa shape index (κ2) is 30.4. The fourth-order valence-corrected chi connectivity index (χ4v) is 28.3. The lowest BCUT2D eigenvalue weighted by Gasteiger charge is -2.45. The van der Waals surface area contributed by atoms with Crippen LogP contribution in [0.15, 0.2) is 461 Å². The second-order valence-electron chi connectivity index (χ2n) is 31.5. The third kappa shape index (κ3) is 12.8. The maximum atomic E-state index is 9.67. The summed E-state index contributed by atoms with van der Waals surface area (Å²) < 4.78 is 92.9. The van der Waals surface area contributed by atoms with E-state index in [9.17, 15) is 8.22 Å². The first-order valence-electron chi connectivity index (χ1n) is 45.1.